The maximum Gasteiger partial charge on any atom is 0.307 e. The van der Waals surface area contributed by atoms with Crippen LogP contribution in [0, 0.1) is 6.92 Å². The van der Waals surface area contributed by atoms with Gasteiger partial charge in [-0.2, -0.15) is 8.78 Å². The first-order chi connectivity index (χ1) is 13.9. The molecule has 0 bridgehead atoms. The second-order valence-corrected chi connectivity index (χ2v) is 7.28. The predicted octanol–water partition coefficient (Wildman–Crippen LogP) is 7.33. The van der Waals surface area contributed by atoms with Gasteiger partial charge in [0.2, 0.25) is 0 Å². The van der Waals surface area contributed by atoms with Crippen LogP contribution in [0.4, 0.5) is 13.2 Å². The van der Waals surface area contributed by atoms with Gasteiger partial charge in [0.05, 0.1) is 0 Å². The monoisotopic (exact) mass is 398 g/mol. The fourth-order valence-corrected chi connectivity index (χ4v) is 3.12. The van der Waals surface area contributed by atoms with Gasteiger partial charge in [-0.25, -0.2) is 4.39 Å². The molecule has 0 saturated carbocycles. The maximum absolute atomic E-state index is 14.7. The first-order valence-electron chi connectivity index (χ1n) is 9.79. The van der Waals surface area contributed by atoms with Crippen molar-refractivity contribution in [1.82, 2.24) is 0 Å². The van der Waals surface area contributed by atoms with E-state index in [0.29, 0.717) is 12.4 Å². The van der Waals surface area contributed by atoms with Gasteiger partial charge in [0.15, 0.2) is 6.17 Å². The molecule has 0 aromatic heterocycles. The number of rotatable bonds is 8. The van der Waals surface area contributed by atoms with Crippen LogP contribution in [0.1, 0.15) is 47.3 Å². The second-order valence-electron chi connectivity index (χ2n) is 7.28. The van der Waals surface area contributed by atoms with E-state index in [2.05, 4.69) is 0 Å². The number of benzene rings is 3. The van der Waals surface area contributed by atoms with Crippen LogP contribution < -0.4 is 4.74 Å². The summed E-state index contributed by atoms with van der Waals surface area (Å²) in [5.41, 5.74) is 2.74. The summed E-state index contributed by atoms with van der Waals surface area (Å²) < 4.78 is 49.6. The average Bonchev–Trinajstić information content (AvgIpc) is 2.74. The standard InChI is InChI=1S/C25H25F3O/c1-3-4-19-9-13-22(14-10-19)25(27,28)24(26)21-11-15-23(16-12-21)29-17-20-7-5-18(2)6-8-20/h5-16,24H,3-4,17H2,1-2H3. The van der Waals surface area contributed by atoms with Crippen LogP contribution in [-0.4, -0.2) is 0 Å². The lowest BCUT2D eigenvalue weighted by molar-refractivity contribution is -0.0810. The van der Waals surface area contributed by atoms with E-state index in [0.717, 1.165) is 29.5 Å². The third kappa shape index (κ3) is 5.20. The number of ether oxygens (including phenoxy) is 1. The van der Waals surface area contributed by atoms with Crippen LogP contribution in [0.25, 0.3) is 0 Å². The summed E-state index contributed by atoms with van der Waals surface area (Å²) in [5, 5.41) is 0. The minimum absolute atomic E-state index is 0.0738. The Hall–Kier alpha value is -2.75. The fraction of sp³-hybridized carbons (Fsp3) is 0.280. The molecule has 3 aromatic rings. The lowest BCUT2D eigenvalue weighted by Crippen LogP contribution is -2.20. The van der Waals surface area contributed by atoms with E-state index in [1.165, 1.54) is 36.4 Å². The molecule has 1 unspecified atom stereocenters. The van der Waals surface area contributed by atoms with Crippen molar-refractivity contribution >= 4 is 0 Å². The Morgan fingerprint density at radius 1 is 0.828 bits per heavy atom. The molecule has 0 fully saturated rings. The molecule has 1 atom stereocenters. The van der Waals surface area contributed by atoms with E-state index >= 15 is 0 Å². The smallest absolute Gasteiger partial charge is 0.307 e. The van der Waals surface area contributed by atoms with E-state index in [1.807, 2.05) is 38.1 Å². The topological polar surface area (TPSA) is 9.23 Å². The van der Waals surface area contributed by atoms with Gasteiger partial charge < -0.3 is 4.74 Å². The Morgan fingerprint density at radius 2 is 1.41 bits per heavy atom. The molecule has 0 aliphatic carbocycles. The van der Waals surface area contributed by atoms with Gasteiger partial charge in [0.25, 0.3) is 0 Å². The molecule has 0 heterocycles. The van der Waals surface area contributed by atoms with Crippen molar-refractivity contribution in [3.8, 4) is 5.75 Å². The molecule has 0 radical (unpaired) electrons. The van der Waals surface area contributed by atoms with Crippen LogP contribution in [-0.2, 0) is 19.0 Å². The summed E-state index contributed by atoms with van der Waals surface area (Å²) in [6, 6.07) is 19.6. The second kappa shape index (κ2) is 9.17. The third-order valence-electron chi connectivity index (χ3n) is 4.89. The minimum Gasteiger partial charge on any atom is -0.489 e. The van der Waals surface area contributed by atoms with Gasteiger partial charge in [-0.3, -0.25) is 0 Å². The molecule has 4 heteroatoms. The Bertz CT molecular complexity index is 900. The summed E-state index contributed by atoms with van der Waals surface area (Å²) in [6.07, 6.45) is -0.680. The zero-order valence-corrected chi connectivity index (χ0v) is 16.7. The van der Waals surface area contributed by atoms with E-state index < -0.39 is 12.1 Å². The van der Waals surface area contributed by atoms with Crippen molar-refractivity contribution in [2.75, 3.05) is 0 Å². The molecule has 1 nitrogen and oxygen atoms in total. The number of hydrogen-bond acceptors (Lipinski definition) is 1. The van der Waals surface area contributed by atoms with E-state index in [-0.39, 0.29) is 11.1 Å². The van der Waals surface area contributed by atoms with E-state index in [1.54, 1.807) is 12.1 Å². The summed E-state index contributed by atoms with van der Waals surface area (Å²) in [4.78, 5) is 0. The third-order valence-corrected chi connectivity index (χ3v) is 4.89. The summed E-state index contributed by atoms with van der Waals surface area (Å²) in [5.74, 6) is -3.09. The normalized spacial score (nSPS) is 12.6. The Morgan fingerprint density at radius 3 is 2.00 bits per heavy atom. The van der Waals surface area contributed by atoms with Gasteiger partial charge in [-0.15, -0.1) is 0 Å². The molecule has 3 rings (SSSR count). The Balaban J connectivity index is 1.66. The molecule has 0 aliphatic rings. The van der Waals surface area contributed by atoms with Gasteiger partial charge in [-0.1, -0.05) is 79.6 Å². The van der Waals surface area contributed by atoms with Crippen molar-refractivity contribution in [3.63, 3.8) is 0 Å². The fourth-order valence-electron chi connectivity index (χ4n) is 3.12. The highest BCUT2D eigenvalue weighted by molar-refractivity contribution is 5.33. The zero-order valence-electron chi connectivity index (χ0n) is 16.7. The molecule has 29 heavy (non-hydrogen) atoms. The summed E-state index contributed by atoms with van der Waals surface area (Å²) in [6.45, 7) is 4.39. The largest absolute Gasteiger partial charge is 0.489 e. The number of halogens is 3. The Kier molecular flexibility index (Phi) is 6.63. The zero-order chi connectivity index (χ0) is 20.9. The van der Waals surface area contributed by atoms with Crippen LogP contribution in [0.2, 0.25) is 0 Å². The molecule has 0 N–H and O–H groups in total. The molecule has 0 amide bonds. The molecule has 0 spiro atoms. The highest BCUT2D eigenvalue weighted by Gasteiger charge is 2.42. The quantitative estimate of drug-likeness (QED) is 0.386. The van der Waals surface area contributed by atoms with Crippen molar-refractivity contribution in [2.24, 2.45) is 0 Å². The van der Waals surface area contributed by atoms with Crippen molar-refractivity contribution in [2.45, 2.75) is 45.4 Å². The molecule has 152 valence electrons. The first-order valence-corrected chi connectivity index (χ1v) is 9.79. The highest BCUT2D eigenvalue weighted by atomic mass is 19.3. The number of aryl methyl sites for hydroxylation is 2. The van der Waals surface area contributed by atoms with Gasteiger partial charge >= 0.3 is 5.92 Å². The van der Waals surface area contributed by atoms with E-state index in [9.17, 15) is 13.2 Å². The van der Waals surface area contributed by atoms with Crippen LogP contribution >= 0.6 is 0 Å². The lowest BCUT2D eigenvalue weighted by Gasteiger charge is -2.22. The summed E-state index contributed by atoms with van der Waals surface area (Å²) >= 11 is 0. The molecule has 3 aromatic carbocycles. The lowest BCUT2D eigenvalue weighted by atomic mass is 9.97. The van der Waals surface area contributed by atoms with Crippen molar-refractivity contribution < 1.29 is 17.9 Å². The van der Waals surface area contributed by atoms with Gasteiger partial charge in [0.1, 0.15) is 12.4 Å². The molecular weight excluding hydrogens is 373 g/mol. The molecular formula is C25H25F3O. The van der Waals surface area contributed by atoms with Crippen LogP contribution in [0.3, 0.4) is 0 Å². The Labute approximate surface area is 170 Å². The number of hydrogen-bond donors (Lipinski definition) is 0. The summed E-state index contributed by atoms with van der Waals surface area (Å²) in [7, 11) is 0. The first kappa shape index (κ1) is 21.0. The van der Waals surface area contributed by atoms with Crippen LogP contribution in [0.15, 0.2) is 72.8 Å². The van der Waals surface area contributed by atoms with Gasteiger partial charge in [-0.05, 0) is 42.2 Å². The maximum atomic E-state index is 14.7. The molecule has 0 aliphatic heterocycles. The van der Waals surface area contributed by atoms with E-state index in [4.69, 9.17) is 4.74 Å². The molecule has 0 saturated heterocycles. The predicted molar refractivity (Wildman–Crippen MR) is 110 cm³/mol. The number of alkyl halides is 3. The SMILES string of the molecule is CCCc1ccc(C(F)(F)C(F)c2ccc(OCc3ccc(C)cc3)cc2)cc1. The van der Waals surface area contributed by atoms with Crippen molar-refractivity contribution in [3.05, 3.63) is 101 Å². The minimum atomic E-state index is -3.60. The average molecular weight is 398 g/mol. The van der Waals surface area contributed by atoms with Crippen molar-refractivity contribution in [1.29, 1.82) is 0 Å². The van der Waals surface area contributed by atoms with Crippen LogP contribution in [0.5, 0.6) is 5.75 Å². The highest BCUT2D eigenvalue weighted by Crippen LogP contribution is 2.43. The van der Waals surface area contributed by atoms with Gasteiger partial charge in [0, 0.05) is 5.56 Å².